The van der Waals surface area contributed by atoms with Gasteiger partial charge in [0.1, 0.15) is 0 Å². The summed E-state index contributed by atoms with van der Waals surface area (Å²) in [7, 11) is 0. The van der Waals surface area contributed by atoms with E-state index in [0.29, 0.717) is 25.3 Å². The van der Waals surface area contributed by atoms with Crippen molar-refractivity contribution in [2.45, 2.75) is 53.2 Å². The van der Waals surface area contributed by atoms with Gasteiger partial charge in [-0.25, -0.2) is 9.67 Å². The van der Waals surface area contributed by atoms with Crippen molar-refractivity contribution in [2.75, 3.05) is 6.61 Å². The van der Waals surface area contributed by atoms with E-state index in [1.165, 1.54) is 0 Å². The monoisotopic (exact) mass is 382 g/mol. The van der Waals surface area contributed by atoms with Crippen molar-refractivity contribution in [1.82, 2.24) is 19.7 Å². The number of pyridine rings is 2. The number of aliphatic hydroxyl groups excluding tert-OH is 1. The van der Waals surface area contributed by atoms with Gasteiger partial charge in [-0.3, -0.25) is 9.78 Å². The zero-order valence-corrected chi connectivity index (χ0v) is 16.8. The standard InChI is InChI=1S/C21H26N4O3/c1-5-25-21-17(12-23-25)19(15-9-13(3)10-22-11-15)16(20(24-21)14(4)26)7-8-18(27)28-6-2/h9-12,14,26H,5-8H2,1-4H3. The Morgan fingerprint density at radius 3 is 2.71 bits per heavy atom. The Labute approximate surface area is 164 Å². The van der Waals surface area contributed by atoms with Gasteiger partial charge < -0.3 is 9.84 Å². The molecule has 0 radical (unpaired) electrons. The zero-order chi connectivity index (χ0) is 20.3. The molecule has 3 aromatic rings. The van der Waals surface area contributed by atoms with Crippen LogP contribution in [0.25, 0.3) is 22.2 Å². The summed E-state index contributed by atoms with van der Waals surface area (Å²) in [5, 5.41) is 15.8. The highest BCUT2D eigenvalue weighted by Crippen LogP contribution is 2.36. The first-order chi connectivity index (χ1) is 13.5. The van der Waals surface area contributed by atoms with E-state index in [9.17, 15) is 9.90 Å². The largest absolute Gasteiger partial charge is 0.466 e. The first-order valence-corrected chi connectivity index (χ1v) is 9.60. The lowest BCUT2D eigenvalue weighted by Crippen LogP contribution is -2.11. The highest BCUT2D eigenvalue weighted by atomic mass is 16.5. The molecule has 0 aliphatic carbocycles. The van der Waals surface area contributed by atoms with Crippen LogP contribution in [0.3, 0.4) is 0 Å². The molecule has 0 aliphatic rings. The van der Waals surface area contributed by atoms with Crippen molar-refractivity contribution in [3.8, 4) is 11.1 Å². The van der Waals surface area contributed by atoms with Crippen LogP contribution in [0, 0.1) is 6.92 Å². The topological polar surface area (TPSA) is 90.1 Å². The van der Waals surface area contributed by atoms with Crippen LogP contribution in [0.4, 0.5) is 0 Å². The molecule has 28 heavy (non-hydrogen) atoms. The smallest absolute Gasteiger partial charge is 0.306 e. The highest BCUT2D eigenvalue weighted by molar-refractivity contribution is 5.95. The van der Waals surface area contributed by atoms with Crippen molar-refractivity contribution < 1.29 is 14.6 Å². The first kappa shape index (κ1) is 19.9. The second kappa shape index (κ2) is 8.48. The first-order valence-electron chi connectivity index (χ1n) is 9.60. The minimum absolute atomic E-state index is 0.217. The molecule has 0 aromatic carbocycles. The predicted octanol–water partition coefficient (Wildman–Crippen LogP) is 3.37. The van der Waals surface area contributed by atoms with Gasteiger partial charge in [-0.1, -0.05) is 0 Å². The lowest BCUT2D eigenvalue weighted by molar-refractivity contribution is -0.143. The number of aromatic nitrogens is 4. The van der Waals surface area contributed by atoms with Gasteiger partial charge in [0.25, 0.3) is 0 Å². The van der Waals surface area contributed by atoms with Crippen LogP contribution in [0.1, 0.15) is 50.1 Å². The molecular weight excluding hydrogens is 356 g/mol. The summed E-state index contributed by atoms with van der Waals surface area (Å²) in [5.74, 6) is -0.267. The van der Waals surface area contributed by atoms with Gasteiger partial charge in [0, 0.05) is 41.9 Å². The lowest BCUT2D eigenvalue weighted by Gasteiger charge is -2.18. The Balaban J connectivity index is 2.26. The second-order valence-electron chi connectivity index (χ2n) is 6.78. The number of carbonyl (C=O) groups is 1. The number of hydrogen-bond acceptors (Lipinski definition) is 6. The van der Waals surface area contributed by atoms with Crippen LogP contribution in [-0.2, 0) is 22.5 Å². The van der Waals surface area contributed by atoms with Gasteiger partial charge in [-0.05, 0) is 51.3 Å². The number of rotatable bonds is 7. The maximum Gasteiger partial charge on any atom is 0.306 e. The molecule has 0 saturated heterocycles. The van der Waals surface area contributed by atoms with Crippen LogP contribution in [0.15, 0.2) is 24.7 Å². The molecule has 0 spiro atoms. The minimum Gasteiger partial charge on any atom is -0.466 e. The Kier molecular flexibility index (Phi) is 6.04. The van der Waals surface area contributed by atoms with Crippen molar-refractivity contribution >= 4 is 17.0 Å². The molecule has 3 heterocycles. The number of fused-ring (bicyclic) bond motifs is 1. The van der Waals surface area contributed by atoms with E-state index in [2.05, 4.69) is 10.1 Å². The molecule has 0 aliphatic heterocycles. The Hall–Kier alpha value is -2.80. The van der Waals surface area contributed by atoms with E-state index in [4.69, 9.17) is 9.72 Å². The van der Waals surface area contributed by atoms with Crippen molar-refractivity contribution in [1.29, 1.82) is 0 Å². The quantitative estimate of drug-likeness (QED) is 0.630. The van der Waals surface area contributed by atoms with Crippen molar-refractivity contribution in [3.63, 3.8) is 0 Å². The molecule has 0 saturated carbocycles. The maximum atomic E-state index is 12.0. The summed E-state index contributed by atoms with van der Waals surface area (Å²) in [6, 6.07) is 2.05. The summed E-state index contributed by atoms with van der Waals surface area (Å²) >= 11 is 0. The molecular formula is C21H26N4O3. The second-order valence-corrected chi connectivity index (χ2v) is 6.78. The predicted molar refractivity (Wildman–Crippen MR) is 107 cm³/mol. The van der Waals surface area contributed by atoms with Gasteiger partial charge in [0.05, 0.1) is 24.6 Å². The van der Waals surface area contributed by atoms with Gasteiger partial charge >= 0.3 is 5.97 Å². The number of aliphatic hydroxyl groups is 1. The molecule has 0 amide bonds. The summed E-state index contributed by atoms with van der Waals surface area (Å²) in [6.07, 6.45) is 5.25. The van der Waals surface area contributed by atoms with Crippen LogP contribution < -0.4 is 0 Å². The van der Waals surface area contributed by atoms with E-state index < -0.39 is 6.10 Å². The normalized spacial score (nSPS) is 12.3. The molecule has 3 rings (SSSR count). The van der Waals surface area contributed by atoms with Crippen LogP contribution >= 0.6 is 0 Å². The van der Waals surface area contributed by atoms with Gasteiger partial charge in [-0.15, -0.1) is 0 Å². The fourth-order valence-corrected chi connectivity index (χ4v) is 3.46. The Morgan fingerprint density at radius 2 is 2.07 bits per heavy atom. The number of esters is 1. The number of nitrogens with zero attached hydrogens (tertiary/aromatic N) is 4. The Morgan fingerprint density at radius 1 is 1.29 bits per heavy atom. The maximum absolute atomic E-state index is 12.0. The van der Waals surface area contributed by atoms with E-state index in [1.54, 1.807) is 32.4 Å². The molecule has 1 N–H and O–H groups in total. The molecule has 0 bridgehead atoms. The number of carbonyl (C=O) groups excluding carboxylic acids is 1. The van der Waals surface area contributed by atoms with Crippen LogP contribution in [-0.4, -0.2) is 37.4 Å². The van der Waals surface area contributed by atoms with Gasteiger partial charge in [0.15, 0.2) is 5.65 Å². The van der Waals surface area contributed by atoms with Crippen molar-refractivity contribution in [2.24, 2.45) is 0 Å². The van der Waals surface area contributed by atoms with Crippen LogP contribution in [0.5, 0.6) is 0 Å². The summed E-state index contributed by atoms with van der Waals surface area (Å²) in [6.45, 7) is 8.47. The average molecular weight is 382 g/mol. The molecule has 148 valence electrons. The molecule has 3 aromatic heterocycles. The number of ether oxygens (including phenoxy) is 1. The third-order valence-corrected chi connectivity index (χ3v) is 4.66. The Bertz CT molecular complexity index is 995. The highest BCUT2D eigenvalue weighted by Gasteiger charge is 2.22. The number of aryl methyl sites for hydroxylation is 2. The van der Waals surface area contributed by atoms with E-state index >= 15 is 0 Å². The summed E-state index contributed by atoms with van der Waals surface area (Å²) in [4.78, 5) is 21.0. The zero-order valence-electron chi connectivity index (χ0n) is 16.8. The average Bonchev–Trinajstić information content (AvgIpc) is 3.08. The molecule has 7 nitrogen and oxygen atoms in total. The summed E-state index contributed by atoms with van der Waals surface area (Å²) < 4.78 is 6.90. The summed E-state index contributed by atoms with van der Waals surface area (Å²) in [5.41, 5.74) is 4.97. The lowest BCUT2D eigenvalue weighted by atomic mass is 9.92. The molecule has 0 fully saturated rings. The molecule has 1 atom stereocenters. The van der Waals surface area contributed by atoms with Gasteiger partial charge in [-0.2, -0.15) is 5.10 Å². The van der Waals surface area contributed by atoms with Crippen LogP contribution in [0.2, 0.25) is 0 Å². The SMILES string of the molecule is CCOC(=O)CCc1c(C(C)O)nc2c(cnn2CC)c1-c1cncc(C)c1. The third kappa shape index (κ3) is 3.89. The van der Waals surface area contributed by atoms with Crippen molar-refractivity contribution in [3.05, 3.63) is 41.5 Å². The fraction of sp³-hybridized carbons (Fsp3) is 0.429. The van der Waals surface area contributed by atoms with E-state index in [-0.39, 0.29) is 12.4 Å². The van der Waals surface area contributed by atoms with Gasteiger partial charge in [0.2, 0.25) is 0 Å². The van der Waals surface area contributed by atoms with E-state index in [1.807, 2.05) is 24.6 Å². The fourth-order valence-electron chi connectivity index (χ4n) is 3.46. The molecule has 7 heteroatoms. The molecule has 1 unspecified atom stereocenters. The van der Waals surface area contributed by atoms with E-state index in [0.717, 1.165) is 33.3 Å². The minimum atomic E-state index is -0.779. The third-order valence-electron chi connectivity index (χ3n) is 4.66. The number of hydrogen-bond donors (Lipinski definition) is 1.